The quantitative estimate of drug-likeness (QED) is 0.568. The number of aliphatic carboxylic acids is 1. The molecular formula is C9H16N2O4S. The van der Waals surface area contributed by atoms with Crippen molar-refractivity contribution in [2.45, 2.75) is 19.3 Å². The van der Waals surface area contributed by atoms with Crippen molar-refractivity contribution >= 4 is 29.7 Å². The first-order valence-corrected chi connectivity index (χ1v) is 6.24. The van der Waals surface area contributed by atoms with Gasteiger partial charge in [0.05, 0.1) is 6.42 Å². The van der Waals surface area contributed by atoms with E-state index in [1.165, 1.54) is 0 Å². The van der Waals surface area contributed by atoms with Gasteiger partial charge in [0.25, 0.3) is 0 Å². The van der Waals surface area contributed by atoms with Gasteiger partial charge in [-0.1, -0.05) is 0 Å². The molecule has 0 saturated heterocycles. The van der Waals surface area contributed by atoms with E-state index in [9.17, 15) is 14.4 Å². The summed E-state index contributed by atoms with van der Waals surface area (Å²) >= 11 is 1.67. The monoisotopic (exact) mass is 248 g/mol. The summed E-state index contributed by atoms with van der Waals surface area (Å²) in [5.41, 5.74) is 0. The third-order valence-electron chi connectivity index (χ3n) is 1.63. The van der Waals surface area contributed by atoms with Crippen LogP contribution in [0.5, 0.6) is 0 Å². The number of urea groups is 1. The lowest BCUT2D eigenvalue weighted by Crippen LogP contribution is -2.40. The number of nitrogens with one attached hydrogen (secondary N) is 2. The average Bonchev–Trinajstić information content (AvgIpc) is 2.21. The molecule has 0 aromatic rings. The van der Waals surface area contributed by atoms with Crippen LogP contribution in [-0.2, 0) is 9.59 Å². The van der Waals surface area contributed by atoms with Gasteiger partial charge in [0, 0.05) is 13.0 Å². The van der Waals surface area contributed by atoms with Gasteiger partial charge in [-0.05, 0) is 18.4 Å². The van der Waals surface area contributed by atoms with E-state index < -0.39 is 17.9 Å². The summed E-state index contributed by atoms with van der Waals surface area (Å²) in [7, 11) is 0. The summed E-state index contributed by atoms with van der Waals surface area (Å²) in [6, 6.07) is -0.573. The van der Waals surface area contributed by atoms with Crippen LogP contribution in [0, 0.1) is 0 Å². The molecule has 0 aliphatic rings. The molecule has 16 heavy (non-hydrogen) atoms. The van der Waals surface area contributed by atoms with E-state index in [-0.39, 0.29) is 12.8 Å². The minimum atomic E-state index is -1.06. The Kier molecular flexibility index (Phi) is 8.32. The summed E-state index contributed by atoms with van der Waals surface area (Å²) in [5.74, 6) is -0.701. The van der Waals surface area contributed by atoms with Gasteiger partial charge in [0.15, 0.2) is 0 Å². The second kappa shape index (κ2) is 9.02. The van der Waals surface area contributed by atoms with Gasteiger partial charge in [-0.15, -0.1) is 0 Å². The van der Waals surface area contributed by atoms with Crippen molar-refractivity contribution in [1.29, 1.82) is 0 Å². The zero-order chi connectivity index (χ0) is 12.4. The summed E-state index contributed by atoms with van der Waals surface area (Å²) in [5, 5.41) is 12.9. The number of imide groups is 1. The maximum atomic E-state index is 11.1. The third kappa shape index (κ3) is 9.32. The van der Waals surface area contributed by atoms with Crippen molar-refractivity contribution in [3.63, 3.8) is 0 Å². The van der Waals surface area contributed by atoms with E-state index in [1.807, 2.05) is 6.26 Å². The van der Waals surface area contributed by atoms with Crippen molar-refractivity contribution in [1.82, 2.24) is 10.6 Å². The predicted octanol–water partition coefficient (Wildman–Crippen LogP) is 0.430. The molecule has 0 rings (SSSR count). The smallest absolute Gasteiger partial charge is 0.321 e. The molecule has 0 aromatic heterocycles. The van der Waals surface area contributed by atoms with E-state index in [2.05, 4.69) is 10.6 Å². The number of rotatable bonds is 7. The molecule has 0 aliphatic heterocycles. The fraction of sp³-hybridized carbons (Fsp3) is 0.667. The van der Waals surface area contributed by atoms with Gasteiger partial charge in [0.1, 0.15) is 0 Å². The molecule has 3 N–H and O–H groups in total. The van der Waals surface area contributed by atoms with Crippen LogP contribution in [0.25, 0.3) is 0 Å². The number of carboxylic acid groups (broad SMARTS) is 1. The van der Waals surface area contributed by atoms with Crippen LogP contribution in [0.3, 0.4) is 0 Å². The molecule has 92 valence electrons. The molecule has 0 saturated carbocycles. The van der Waals surface area contributed by atoms with E-state index in [1.54, 1.807) is 11.8 Å². The molecule has 6 nitrogen and oxygen atoms in total. The average molecular weight is 248 g/mol. The van der Waals surface area contributed by atoms with Crippen LogP contribution in [0.1, 0.15) is 19.3 Å². The van der Waals surface area contributed by atoms with Crippen molar-refractivity contribution in [3.05, 3.63) is 0 Å². The minimum absolute atomic E-state index is 0.187. The molecule has 0 fully saturated rings. The Balaban J connectivity index is 3.54. The van der Waals surface area contributed by atoms with E-state index in [0.29, 0.717) is 6.54 Å². The SMILES string of the molecule is CSCCCNC(=O)NC(=O)CCC(=O)O. The highest BCUT2D eigenvalue weighted by atomic mass is 32.2. The second-order valence-corrected chi connectivity index (χ2v) is 4.03. The molecular weight excluding hydrogens is 232 g/mol. The number of hydrogen-bond donors (Lipinski definition) is 3. The van der Waals surface area contributed by atoms with Crippen molar-refractivity contribution < 1.29 is 19.5 Å². The highest BCUT2D eigenvalue weighted by Crippen LogP contribution is 1.93. The van der Waals surface area contributed by atoms with E-state index in [0.717, 1.165) is 12.2 Å². The lowest BCUT2D eigenvalue weighted by Gasteiger charge is -2.05. The summed E-state index contributed by atoms with van der Waals surface area (Å²) in [6.45, 7) is 0.499. The number of carbonyl (C=O) groups is 3. The molecule has 7 heteroatoms. The number of amides is 3. The molecule has 3 amide bonds. The Labute approximate surface area is 98.2 Å². The number of hydrogen-bond acceptors (Lipinski definition) is 4. The van der Waals surface area contributed by atoms with Crippen LogP contribution < -0.4 is 10.6 Å². The molecule has 0 heterocycles. The molecule has 0 spiro atoms. The first kappa shape index (κ1) is 14.8. The third-order valence-corrected chi connectivity index (χ3v) is 2.33. The summed E-state index contributed by atoms with van der Waals surface area (Å²) < 4.78 is 0. The normalized spacial score (nSPS) is 9.56. The highest BCUT2D eigenvalue weighted by Gasteiger charge is 2.08. The molecule has 0 aliphatic carbocycles. The second-order valence-electron chi connectivity index (χ2n) is 3.04. The Morgan fingerprint density at radius 1 is 1.25 bits per heavy atom. The van der Waals surface area contributed by atoms with E-state index >= 15 is 0 Å². The van der Waals surface area contributed by atoms with Gasteiger partial charge in [-0.3, -0.25) is 14.9 Å². The maximum absolute atomic E-state index is 11.1. The number of carboxylic acids is 1. The van der Waals surface area contributed by atoms with Gasteiger partial charge in [-0.25, -0.2) is 4.79 Å². The Bertz CT molecular complexity index is 258. The molecule has 0 aromatic carbocycles. The van der Waals surface area contributed by atoms with Gasteiger partial charge in [0.2, 0.25) is 5.91 Å². The van der Waals surface area contributed by atoms with Gasteiger partial charge in [-0.2, -0.15) is 11.8 Å². The molecule has 0 bridgehead atoms. The first-order chi connectivity index (χ1) is 7.56. The van der Waals surface area contributed by atoms with Crippen LogP contribution in [0.15, 0.2) is 0 Å². The Morgan fingerprint density at radius 3 is 2.50 bits per heavy atom. The van der Waals surface area contributed by atoms with Gasteiger partial charge < -0.3 is 10.4 Å². The summed E-state index contributed by atoms with van der Waals surface area (Å²) in [6.07, 6.45) is 2.34. The van der Waals surface area contributed by atoms with Gasteiger partial charge >= 0.3 is 12.0 Å². The maximum Gasteiger partial charge on any atom is 0.321 e. The molecule has 0 atom stereocenters. The lowest BCUT2D eigenvalue weighted by molar-refractivity contribution is -0.138. The van der Waals surface area contributed by atoms with Crippen LogP contribution in [-0.4, -0.2) is 41.6 Å². The van der Waals surface area contributed by atoms with Crippen molar-refractivity contribution in [2.75, 3.05) is 18.6 Å². The van der Waals surface area contributed by atoms with Crippen molar-refractivity contribution in [2.24, 2.45) is 0 Å². The zero-order valence-electron chi connectivity index (χ0n) is 9.12. The minimum Gasteiger partial charge on any atom is -0.481 e. The largest absolute Gasteiger partial charge is 0.481 e. The Morgan fingerprint density at radius 2 is 1.94 bits per heavy atom. The molecule has 0 unspecified atom stereocenters. The number of carbonyl (C=O) groups excluding carboxylic acids is 2. The van der Waals surface area contributed by atoms with Crippen LogP contribution in [0.2, 0.25) is 0 Å². The van der Waals surface area contributed by atoms with Crippen LogP contribution in [0.4, 0.5) is 4.79 Å². The standard InChI is InChI=1S/C9H16N2O4S/c1-16-6-2-5-10-9(15)11-7(12)3-4-8(13)14/h2-6H2,1H3,(H,13,14)(H2,10,11,12,15). The fourth-order valence-corrected chi connectivity index (χ4v) is 1.31. The fourth-order valence-electron chi connectivity index (χ4n) is 0.872. The lowest BCUT2D eigenvalue weighted by atomic mass is 10.3. The van der Waals surface area contributed by atoms with Crippen molar-refractivity contribution in [3.8, 4) is 0 Å². The topological polar surface area (TPSA) is 95.5 Å². The Hall–Kier alpha value is -1.24. The van der Waals surface area contributed by atoms with E-state index in [4.69, 9.17) is 5.11 Å². The summed E-state index contributed by atoms with van der Waals surface area (Å²) in [4.78, 5) is 32.2. The highest BCUT2D eigenvalue weighted by molar-refractivity contribution is 7.98. The number of thioether (sulfide) groups is 1. The molecule has 0 radical (unpaired) electrons. The first-order valence-electron chi connectivity index (χ1n) is 4.84. The van der Waals surface area contributed by atoms with Crippen LogP contribution >= 0.6 is 11.8 Å². The zero-order valence-corrected chi connectivity index (χ0v) is 9.93. The predicted molar refractivity (Wildman–Crippen MR) is 61.4 cm³/mol.